The predicted octanol–water partition coefficient (Wildman–Crippen LogP) is 3.07. The van der Waals surface area contributed by atoms with Crippen LogP contribution in [0.5, 0.6) is 0 Å². The molecule has 5 nitrogen and oxygen atoms in total. The molecule has 0 unspecified atom stereocenters. The minimum Gasteiger partial charge on any atom is -0.290 e. The summed E-state index contributed by atoms with van der Waals surface area (Å²) in [6.07, 6.45) is 2.33. The minimum absolute atomic E-state index is 0.0312. The summed E-state index contributed by atoms with van der Waals surface area (Å²) in [6.45, 7) is 2.95. The molecule has 0 bridgehead atoms. The van der Waals surface area contributed by atoms with Crippen LogP contribution in [-0.2, 0) is 13.6 Å². The van der Waals surface area contributed by atoms with Gasteiger partial charge < -0.3 is 0 Å². The molecule has 3 aromatic rings. The Labute approximate surface area is 139 Å². The molecule has 2 aromatic heterocycles. The highest BCUT2D eigenvalue weighted by Gasteiger charge is 2.38. The topological polar surface area (TPSA) is 63.6 Å². The summed E-state index contributed by atoms with van der Waals surface area (Å²) >= 11 is 0. The summed E-state index contributed by atoms with van der Waals surface area (Å²) in [4.78, 5) is 17.3. The molecule has 5 heteroatoms. The second-order valence-electron chi connectivity index (χ2n) is 6.94. The van der Waals surface area contributed by atoms with Crippen LogP contribution in [0.15, 0.2) is 41.2 Å². The van der Waals surface area contributed by atoms with Crippen molar-refractivity contribution in [2.45, 2.75) is 26.3 Å². The number of aromatic nitrogens is 3. The fourth-order valence-electron chi connectivity index (χ4n) is 3.13. The first-order chi connectivity index (χ1) is 11.5. The maximum absolute atomic E-state index is 12.6. The number of pyridine rings is 1. The number of benzene rings is 1. The van der Waals surface area contributed by atoms with E-state index in [1.54, 1.807) is 17.7 Å². The lowest BCUT2D eigenvalue weighted by atomic mass is 10.1. The van der Waals surface area contributed by atoms with Crippen molar-refractivity contribution >= 4 is 11.2 Å². The molecule has 120 valence electrons. The number of hydrogen-bond acceptors (Lipinski definition) is 3. The first-order valence-corrected chi connectivity index (χ1v) is 8.08. The first-order valence-electron chi connectivity index (χ1n) is 8.08. The van der Waals surface area contributed by atoms with E-state index in [-0.39, 0.29) is 11.1 Å². The summed E-state index contributed by atoms with van der Waals surface area (Å²) in [6, 6.07) is 13.4. The zero-order chi connectivity index (χ0) is 16.9. The summed E-state index contributed by atoms with van der Waals surface area (Å²) in [5, 5.41) is 9.29. The number of fused-ring (bicyclic) bond motifs is 1. The fraction of sp³-hybridized carbons (Fsp3) is 0.316. The van der Waals surface area contributed by atoms with Gasteiger partial charge in [-0.1, -0.05) is 25.1 Å². The van der Waals surface area contributed by atoms with Gasteiger partial charge in [0.05, 0.1) is 22.8 Å². The van der Waals surface area contributed by atoms with Gasteiger partial charge in [-0.2, -0.15) is 5.26 Å². The van der Waals surface area contributed by atoms with Crippen LogP contribution in [0.1, 0.15) is 25.3 Å². The van der Waals surface area contributed by atoms with E-state index in [4.69, 9.17) is 0 Å². The van der Waals surface area contributed by atoms with Crippen molar-refractivity contribution < 1.29 is 0 Å². The highest BCUT2D eigenvalue weighted by atomic mass is 16.1. The lowest BCUT2D eigenvalue weighted by Gasteiger charge is -2.09. The number of aryl methyl sites for hydroxylation is 1. The molecule has 0 atom stereocenters. The smallest absolute Gasteiger partial charge is 0.290 e. The molecular formula is C19H18N4O. The molecule has 0 saturated heterocycles. The Morgan fingerprint density at radius 1 is 1.25 bits per heavy atom. The van der Waals surface area contributed by atoms with Crippen LogP contribution in [0.3, 0.4) is 0 Å². The molecule has 1 aliphatic rings. The largest absolute Gasteiger partial charge is 0.330 e. The van der Waals surface area contributed by atoms with Crippen molar-refractivity contribution in [3.63, 3.8) is 0 Å². The average Bonchev–Trinajstić information content (AvgIpc) is 3.30. The Bertz CT molecular complexity index is 1050. The van der Waals surface area contributed by atoms with Gasteiger partial charge in [0.2, 0.25) is 0 Å². The third-order valence-electron chi connectivity index (χ3n) is 4.95. The Balaban J connectivity index is 1.89. The zero-order valence-electron chi connectivity index (χ0n) is 13.8. The molecule has 24 heavy (non-hydrogen) atoms. The standard InChI is InChI=1S/C19H18N4O/c1-19(9-10-19)12-23-16-8-7-15(21-17(16)22(2)18(23)24)14-6-4-3-5-13(14)11-20/h3-8H,9-10,12H2,1-2H3. The van der Waals surface area contributed by atoms with Crippen molar-refractivity contribution in [2.24, 2.45) is 12.5 Å². The summed E-state index contributed by atoms with van der Waals surface area (Å²) in [5.41, 5.74) is 3.81. The highest BCUT2D eigenvalue weighted by molar-refractivity contribution is 5.78. The van der Waals surface area contributed by atoms with Gasteiger partial charge in [-0.25, -0.2) is 9.78 Å². The van der Waals surface area contributed by atoms with E-state index in [1.807, 2.05) is 34.9 Å². The van der Waals surface area contributed by atoms with E-state index in [0.717, 1.165) is 30.5 Å². The van der Waals surface area contributed by atoms with E-state index in [9.17, 15) is 10.1 Å². The van der Waals surface area contributed by atoms with Crippen molar-refractivity contribution in [3.8, 4) is 17.3 Å². The van der Waals surface area contributed by atoms with Gasteiger partial charge in [-0.15, -0.1) is 0 Å². The molecule has 1 aliphatic carbocycles. The number of hydrogen-bond donors (Lipinski definition) is 0. The number of rotatable bonds is 3. The number of nitriles is 1. The van der Waals surface area contributed by atoms with Crippen molar-refractivity contribution in [1.29, 1.82) is 5.26 Å². The van der Waals surface area contributed by atoms with Gasteiger partial charge in [0, 0.05) is 19.2 Å². The normalized spacial score (nSPS) is 15.4. The summed E-state index contributed by atoms with van der Waals surface area (Å²) < 4.78 is 3.43. The Morgan fingerprint density at radius 2 is 2.00 bits per heavy atom. The maximum atomic E-state index is 12.6. The summed E-state index contributed by atoms with van der Waals surface area (Å²) in [5.74, 6) is 0. The molecule has 1 aromatic carbocycles. The van der Waals surface area contributed by atoms with Gasteiger partial charge >= 0.3 is 5.69 Å². The van der Waals surface area contributed by atoms with Gasteiger partial charge in [0.25, 0.3) is 0 Å². The van der Waals surface area contributed by atoms with E-state index in [2.05, 4.69) is 18.0 Å². The molecular weight excluding hydrogens is 300 g/mol. The van der Waals surface area contributed by atoms with Gasteiger partial charge in [0.1, 0.15) is 0 Å². The zero-order valence-corrected chi connectivity index (χ0v) is 13.8. The van der Waals surface area contributed by atoms with Crippen LogP contribution < -0.4 is 5.69 Å². The molecule has 0 amide bonds. The Morgan fingerprint density at radius 3 is 2.71 bits per heavy atom. The highest BCUT2D eigenvalue weighted by Crippen LogP contribution is 2.46. The van der Waals surface area contributed by atoms with Crippen LogP contribution in [0, 0.1) is 16.7 Å². The molecule has 0 radical (unpaired) electrons. The lowest BCUT2D eigenvalue weighted by Crippen LogP contribution is -2.25. The molecule has 0 spiro atoms. The van der Waals surface area contributed by atoms with Crippen molar-refractivity contribution in [3.05, 3.63) is 52.4 Å². The van der Waals surface area contributed by atoms with E-state index in [1.165, 1.54) is 0 Å². The van der Waals surface area contributed by atoms with E-state index < -0.39 is 0 Å². The maximum Gasteiger partial charge on any atom is 0.330 e. The first kappa shape index (κ1) is 14.7. The van der Waals surface area contributed by atoms with Crippen molar-refractivity contribution in [2.75, 3.05) is 0 Å². The van der Waals surface area contributed by atoms with E-state index >= 15 is 0 Å². The SMILES string of the molecule is Cn1c(=O)n(CC2(C)CC2)c2ccc(-c3ccccc3C#N)nc21. The van der Waals surface area contributed by atoms with Crippen molar-refractivity contribution in [1.82, 2.24) is 14.1 Å². The average molecular weight is 318 g/mol. The van der Waals surface area contributed by atoms with Crippen LogP contribution >= 0.6 is 0 Å². The van der Waals surface area contributed by atoms with Crippen LogP contribution in [0.25, 0.3) is 22.4 Å². The molecule has 4 rings (SSSR count). The van der Waals surface area contributed by atoms with E-state index in [0.29, 0.717) is 16.9 Å². The quantitative estimate of drug-likeness (QED) is 0.745. The minimum atomic E-state index is -0.0312. The van der Waals surface area contributed by atoms with Crippen LogP contribution in [0.4, 0.5) is 0 Å². The molecule has 0 N–H and O–H groups in total. The monoisotopic (exact) mass is 318 g/mol. The molecule has 1 fully saturated rings. The third kappa shape index (κ3) is 2.23. The molecule has 1 saturated carbocycles. The fourth-order valence-corrected chi connectivity index (χ4v) is 3.13. The second kappa shape index (κ2) is 5.07. The molecule has 0 aliphatic heterocycles. The third-order valence-corrected chi connectivity index (χ3v) is 4.95. The predicted molar refractivity (Wildman–Crippen MR) is 92.5 cm³/mol. The number of imidazole rings is 1. The second-order valence-corrected chi connectivity index (χ2v) is 6.94. The number of nitrogens with zero attached hydrogens (tertiary/aromatic N) is 4. The van der Waals surface area contributed by atoms with Crippen LogP contribution in [-0.4, -0.2) is 14.1 Å². The van der Waals surface area contributed by atoms with Gasteiger partial charge in [-0.05, 0) is 36.5 Å². The summed E-state index contributed by atoms with van der Waals surface area (Å²) in [7, 11) is 1.75. The van der Waals surface area contributed by atoms with Crippen LogP contribution in [0.2, 0.25) is 0 Å². The van der Waals surface area contributed by atoms with Gasteiger partial charge in [0.15, 0.2) is 5.65 Å². The lowest BCUT2D eigenvalue weighted by molar-refractivity contribution is 0.460. The molecule has 2 heterocycles. The Kier molecular flexibility index (Phi) is 3.10. The van der Waals surface area contributed by atoms with Gasteiger partial charge in [-0.3, -0.25) is 9.13 Å². The Hall–Kier alpha value is -2.87.